The molecule has 1 saturated heterocycles. The first-order valence-corrected chi connectivity index (χ1v) is 6.80. The largest absolute Gasteiger partial charge is 0.481 e. The van der Waals surface area contributed by atoms with E-state index in [9.17, 15) is 4.79 Å². The van der Waals surface area contributed by atoms with Gasteiger partial charge < -0.3 is 15.3 Å². The Hall–Kier alpha value is -0.610. The molecule has 0 aromatic carbocycles. The lowest BCUT2D eigenvalue weighted by molar-refractivity contribution is -0.142. The lowest BCUT2D eigenvalue weighted by Crippen LogP contribution is -2.38. The van der Waals surface area contributed by atoms with Gasteiger partial charge in [-0.2, -0.15) is 0 Å². The second kappa shape index (κ2) is 5.83. The highest BCUT2D eigenvalue weighted by molar-refractivity contribution is 5.70. The molecule has 4 nitrogen and oxygen atoms in total. The lowest BCUT2D eigenvalue weighted by atomic mass is 9.86. The number of carboxylic acids is 1. The molecule has 2 N–H and O–H groups in total. The van der Waals surface area contributed by atoms with E-state index >= 15 is 0 Å². The molecule has 17 heavy (non-hydrogen) atoms. The fourth-order valence-electron chi connectivity index (χ4n) is 3.07. The highest BCUT2D eigenvalue weighted by atomic mass is 16.4. The zero-order valence-electron chi connectivity index (χ0n) is 10.7. The van der Waals surface area contributed by atoms with Crippen LogP contribution >= 0.6 is 0 Å². The quantitative estimate of drug-likeness (QED) is 0.774. The molecule has 0 spiro atoms. The molecular weight excluding hydrogens is 216 g/mol. The van der Waals surface area contributed by atoms with Crippen molar-refractivity contribution in [2.75, 3.05) is 26.7 Å². The molecule has 0 amide bonds. The van der Waals surface area contributed by atoms with Crippen LogP contribution in [-0.2, 0) is 4.79 Å². The minimum Gasteiger partial charge on any atom is -0.481 e. The van der Waals surface area contributed by atoms with Crippen LogP contribution in [0.1, 0.15) is 32.1 Å². The summed E-state index contributed by atoms with van der Waals surface area (Å²) in [6, 6.07) is 0.552. The Morgan fingerprint density at radius 1 is 1.29 bits per heavy atom. The van der Waals surface area contributed by atoms with Gasteiger partial charge in [0, 0.05) is 12.6 Å². The number of nitrogens with zero attached hydrogens (tertiary/aromatic N) is 1. The van der Waals surface area contributed by atoms with Crippen LogP contribution in [-0.4, -0.2) is 48.7 Å². The van der Waals surface area contributed by atoms with Crippen molar-refractivity contribution in [1.29, 1.82) is 0 Å². The van der Waals surface area contributed by atoms with Crippen LogP contribution in [0.25, 0.3) is 0 Å². The summed E-state index contributed by atoms with van der Waals surface area (Å²) in [7, 11) is 2.18. The number of likely N-dealkylation sites (tertiary alicyclic amines) is 1. The van der Waals surface area contributed by atoms with E-state index in [1.165, 1.54) is 19.5 Å². The van der Waals surface area contributed by atoms with Gasteiger partial charge >= 0.3 is 5.97 Å². The fraction of sp³-hybridized carbons (Fsp3) is 0.923. The SMILES string of the molecule is CN1CCC(CNC2CCC(C(=O)O)CC2)C1. The van der Waals surface area contributed by atoms with Crippen LogP contribution in [0.4, 0.5) is 0 Å². The second-order valence-electron chi connectivity index (χ2n) is 5.71. The van der Waals surface area contributed by atoms with Crippen LogP contribution in [0.15, 0.2) is 0 Å². The van der Waals surface area contributed by atoms with Crippen molar-refractivity contribution in [3.8, 4) is 0 Å². The van der Waals surface area contributed by atoms with E-state index in [2.05, 4.69) is 17.3 Å². The molecule has 2 fully saturated rings. The van der Waals surface area contributed by atoms with Gasteiger partial charge in [-0.1, -0.05) is 0 Å². The molecule has 2 rings (SSSR count). The number of rotatable bonds is 4. The Bertz CT molecular complexity index is 262. The number of carbonyl (C=O) groups is 1. The number of hydrogen-bond acceptors (Lipinski definition) is 3. The Kier molecular flexibility index (Phi) is 4.40. The average molecular weight is 240 g/mol. The van der Waals surface area contributed by atoms with Crippen LogP contribution in [0.2, 0.25) is 0 Å². The third-order valence-electron chi connectivity index (χ3n) is 4.26. The molecule has 2 aliphatic rings. The van der Waals surface area contributed by atoms with Crippen molar-refractivity contribution in [3.63, 3.8) is 0 Å². The molecule has 1 atom stereocenters. The summed E-state index contributed by atoms with van der Waals surface area (Å²) in [6.45, 7) is 3.53. The highest BCUT2D eigenvalue weighted by Gasteiger charge is 2.26. The molecule has 1 unspecified atom stereocenters. The van der Waals surface area contributed by atoms with Crippen LogP contribution in [0, 0.1) is 11.8 Å². The zero-order valence-corrected chi connectivity index (χ0v) is 10.7. The van der Waals surface area contributed by atoms with Crippen molar-refractivity contribution < 1.29 is 9.90 Å². The number of aliphatic carboxylic acids is 1. The van der Waals surface area contributed by atoms with Gasteiger partial charge in [0.15, 0.2) is 0 Å². The summed E-state index contributed by atoms with van der Waals surface area (Å²) in [5, 5.41) is 12.6. The predicted octanol–water partition coefficient (Wildman–Crippen LogP) is 1.17. The van der Waals surface area contributed by atoms with E-state index in [0.29, 0.717) is 6.04 Å². The standard InChI is InChI=1S/C13H24N2O2/c1-15-7-6-10(9-15)8-14-12-4-2-11(3-5-12)13(16)17/h10-12,14H,2-9H2,1H3,(H,16,17). The van der Waals surface area contributed by atoms with E-state index in [1.54, 1.807) is 0 Å². The van der Waals surface area contributed by atoms with Gasteiger partial charge in [-0.05, 0) is 58.2 Å². The van der Waals surface area contributed by atoms with E-state index in [-0.39, 0.29) is 5.92 Å². The monoisotopic (exact) mass is 240 g/mol. The predicted molar refractivity (Wildman–Crippen MR) is 67.0 cm³/mol. The number of carboxylic acid groups (broad SMARTS) is 1. The van der Waals surface area contributed by atoms with Crippen LogP contribution in [0.5, 0.6) is 0 Å². The minimum atomic E-state index is -0.610. The summed E-state index contributed by atoms with van der Waals surface area (Å²) in [5.74, 6) is 0.0868. The molecule has 0 radical (unpaired) electrons. The van der Waals surface area contributed by atoms with Gasteiger partial charge in [0.2, 0.25) is 0 Å². The van der Waals surface area contributed by atoms with Crippen molar-refractivity contribution >= 4 is 5.97 Å². The molecule has 0 bridgehead atoms. The third-order valence-corrected chi connectivity index (χ3v) is 4.26. The highest BCUT2D eigenvalue weighted by Crippen LogP contribution is 2.24. The normalized spacial score (nSPS) is 35.0. The molecule has 4 heteroatoms. The average Bonchev–Trinajstić information content (AvgIpc) is 2.73. The second-order valence-corrected chi connectivity index (χ2v) is 5.71. The van der Waals surface area contributed by atoms with Gasteiger partial charge in [-0.15, -0.1) is 0 Å². The summed E-state index contributed by atoms with van der Waals surface area (Å²) >= 11 is 0. The Morgan fingerprint density at radius 2 is 2.00 bits per heavy atom. The first kappa shape index (κ1) is 12.8. The van der Waals surface area contributed by atoms with Gasteiger partial charge in [0.05, 0.1) is 5.92 Å². The lowest BCUT2D eigenvalue weighted by Gasteiger charge is -2.28. The minimum absolute atomic E-state index is 0.0920. The number of nitrogens with one attached hydrogen (secondary N) is 1. The maximum atomic E-state index is 10.8. The molecule has 0 aromatic heterocycles. The molecule has 0 aromatic rings. The van der Waals surface area contributed by atoms with Crippen molar-refractivity contribution in [2.45, 2.75) is 38.1 Å². The summed E-state index contributed by atoms with van der Waals surface area (Å²) in [5.41, 5.74) is 0. The van der Waals surface area contributed by atoms with Crippen molar-refractivity contribution in [2.24, 2.45) is 11.8 Å². The zero-order chi connectivity index (χ0) is 12.3. The summed E-state index contributed by atoms with van der Waals surface area (Å²) in [4.78, 5) is 13.2. The Balaban J connectivity index is 1.63. The Labute approximate surface area is 103 Å². The summed E-state index contributed by atoms with van der Waals surface area (Å²) in [6.07, 6.45) is 5.04. The van der Waals surface area contributed by atoms with E-state index in [4.69, 9.17) is 5.11 Å². The van der Waals surface area contributed by atoms with E-state index < -0.39 is 5.97 Å². The van der Waals surface area contributed by atoms with E-state index in [0.717, 1.165) is 38.1 Å². The Morgan fingerprint density at radius 3 is 2.53 bits per heavy atom. The topological polar surface area (TPSA) is 52.6 Å². The first-order valence-electron chi connectivity index (χ1n) is 6.80. The van der Waals surface area contributed by atoms with Crippen molar-refractivity contribution in [1.82, 2.24) is 10.2 Å². The van der Waals surface area contributed by atoms with Gasteiger partial charge in [-0.3, -0.25) is 4.79 Å². The molecule has 98 valence electrons. The first-order chi connectivity index (χ1) is 8.15. The number of hydrogen-bond donors (Lipinski definition) is 2. The molecule has 1 saturated carbocycles. The maximum Gasteiger partial charge on any atom is 0.306 e. The third kappa shape index (κ3) is 3.68. The molecule has 1 aliphatic heterocycles. The van der Waals surface area contributed by atoms with Crippen LogP contribution in [0.3, 0.4) is 0 Å². The maximum absolute atomic E-state index is 10.8. The van der Waals surface area contributed by atoms with E-state index in [1.807, 2.05) is 0 Å². The summed E-state index contributed by atoms with van der Waals surface area (Å²) < 4.78 is 0. The molecule has 1 aliphatic carbocycles. The van der Waals surface area contributed by atoms with Gasteiger partial charge in [0.25, 0.3) is 0 Å². The molecule has 1 heterocycles. The smallest absolute Gasteiger partial charge is 0.306 e. The van der Waals surface area contributed by atoms with Crippen LogP contribution < -0.4 is 5.32 Å². The van der Waals surface area contributed by atoms with Gasteiger partial charge in [-0.25, -0.2) is 0 Å². The van der Waals surface area contributed by atoms with Crippen molar-refractivity contribution in [3.05, 3.63) is 0 Å². The molecular formula is C13H24N2O2. The van der Waals surface area contributed by atoms with Gasteiger partial charge in [0.1, 0.15) is 0 Å². The fourth-order valence-corrected chi connectivity index (χ4v) is 3.07.